The van der Waals surface area contributed by atoms with E-state index in [-0.39, 0.29) is 16.2 Å². The van der Waals surface area contributed by atoms with Crippen molar-refractivity contribution < 1.29 is 0 Å². The fourth-order valence-electron chi connectivity index (χ4n) is 23.1. The van der Waals surface area contributed by atoms with E-state index in [0.717, 1.165) is 83.5 Å². The lowest BCUT2D eigenvalue weighted by atomic mass is 9.79. The van der Waals surface area contributed by atoms with Crippen LogP contribution in [-0.2, 0) is 16.2 Å². The van der Waals surface area contributed by atoms with Crippen LogP contribution in [0.25, 0.3) is 244 Å². The topological polar surface area (TPSA) is 116 Å². The molecule has 0 spiro atoms. The van der Waals surface area contributed by atoms with E-state index in [1.165, 1.54) is 142 Å². The summed E-state index contributed by atoms with van der Waals surface area (Å²) < 4.78 is 2.44. The zero-order chi connectivity index (χ0) is 99.3. The van der Waals surface area contributed by atoms with Gasteiger partial charge in [0.25, 0.3) is 0 Å². The van der Waals surface area contributed by atoms with Gasteiger partial charge in [-0.1, -0.05) is 484 Å². The first-order valence-corrected chi connectivity index (χ1v) is 51.4. The molecule has 0 amide bonds. The molecule has 28 rings (SSSR count). The summed E-state index contributed by atoms with van der Waals surface area (Å²) in [5.74, 6) is 5.92. The number of fused-ring (bicyclic) bond motifs is 18. The number of benzene rings is 21. The first-order chi connectivity index (χ1) is 72.6. The van der Waals surface area contributed by atoms with Crippen LogP contribution in [0.5, 0.6) is 0 Å². The minimum absolute atomic E-state index is 0.0673. The van der Waals surface area contributed by atoms with Crippen molar-refractivity contribution in [2.75, 3.05) is 0 Å². The van der Waals surface area contributed by atoms with Crippen LogP contribution in [0, 0.1) is 0 Å². The zero-order valence-electron chi connectivity index (χ0n) is 82.5. The second-order valence-electron chi connectivity index (χ2n) is 40.1. The normalized spacial score (nSPS) is 13.0. The number of hydrogen-bond acceptors (Lipinski definition) is 10. The molecule has 0 aliphatic heterocycles. The van der Waals surface area contributed by atoms with Gasteiger partial charge in [0.2, 0.25) is 0 Å². The van der Waals surface area contributed by atoms with E-state index in [2.05, 4.69) is 406 Å². The summed E-state index contributed by atoms with van der Waals surface area (Å²) in [4.78, 5) is 45.2. The Morgan fingerprint density at radius 1 is 0.142 bits per heavy atom. The van der Waals surface area contributed by atoms with E-state index < -0.39 is 0 Å². The van der Waals surface area contributed by atoms with Crippen LogP contribution in [0.3, 0.4) is 0 Å². The molecule has 3 aliphatic carbocycles. The molecule has 0 N–H and O–H groups in total. The van der Waals surface area contributed by atoms with Gasteiger partial charge in [0.15, 0.2) is 52.4 Å². The van der Waals surface area contributed by atoms with Gasteiger partial charge in [0, 0.05) is 86.5 Å². The second kappa shape index (κ2) is 36.8. The highest BCUT2D eigenvalue weighted by Crippen LogP contribution is 2.57. The molecule has 10 heteroatoms. The van der Waals surface area contributed by atoms with Crippen LogP contribution in [0.15, 0.2) is 479 Å². The van der Waals surface area contributed by atoms with Crippen molar-refractivity contribution in [2.45, 2.75) is 57.8 Å². The van der Waals surface area contributed by atoms with Crippen molar-refractivity contribution in [3.05, 3.63) is 513 Å². The van der Waals surface area contributed by atoms with Crippen LogP contribution in [0.4, 0.5) is 0 Å². The molecule has 700 valence electrons. The summed E-state index contributed by atoms with van der Waals surface area (Å²) in [7, 11) is 0. The molecule has 25 aromatic rings. The Labute approximate surface area is 864 Å². The molecular weight excluding hydrogens is 1820 g/mol. The highest BCUT2D eigenvalue weighted by Gasteiger charge is 2.40. The molecule has 0 atom stereocenters. The fourth-order valence-corrected chi connectivity index (χ4v) is 24.3. The molecule has 0 radical (unpaired) electrons. The Kier molecular flexibility index (Phi) is 22.3. The van der Waals surface area contributed by atoms with Gasteiger partial charge in [-0.2, -0.15) is 0 Å². The summed E-state index contributed by atoms with van der Waals surface area (Å²) in [6, 6.07) is 170. The van der Waals surface area contributed by atoms with Gasteiger partial charge in [-0.15, -0.1) is 11.3 Å². The Hall–Kier alpha value is -18.4. The minimum atomic E-state index is -0.0850. The van der Waals surface area contributed by atoms with Gasteiger partial charge in [0.05, 0.1) is 0 Å². The van der Waals surface area contributed by atoms with E-state index in [1.54, 1.807) is 11.3 Å². The quantitative estimate of drug-likeness (QED) is 0.105. The highest BCUT2D eigenvalue weighted by molar-refractivity contribution is 7.26. The van der Waals surface area contributed by atoms with Crippen molar-refractivity contribution >= 4 is 63.8 Å². The lowest BCUT2D eigenvalue weighted by Crippen LogP contribution is -2.15. The van der Waals surface area contributed by atoms with Crippen LogP contribution in [0.1, 0.15) is 74.9 Å². The minimum Gasteiger partial charge on any atom is -0.208 e. The maximum atomic E-state index is 5.19. The first-order valence-electron chi connectivity index (χ1n) is 50.6. The Bertz CT molecular complexity index is 9500. The second-order valence-corrected chi connectivity index (χ2v) is 41.2. The van der Waals surface area contributed by atoms with Crippen molar-refractivity contribution in [3.63, 3.8) is 0 Å². The first kappa shape index (κ1) is 89.7. The molecule has 3 aliphatic rings. The number of rotatable bonds is 14. The van der Waals surface area contributed by atoms with Crippen LogP contribution in [-0.4, -0.2) is 44.9 Å². The van der Waals surface area contributed by atoms with E-state index in [9.17, 15) is 0 Å². The van der Waals surface area contributed by atoms with Crippen molar-refractivity contribution in [1.82, 2.24) is 44.9 Å². The van der Waals surface area contributed by atoms with E-state index in [4.69, 9.17) is 44.9 Å². The maximum Gasteiger partial charge on any atom is 0.165 e. The van der Waals surface area contributed by atoms with Crippen LogP contribution < -0.4 is 0 Å². The molecule has 0 fully saturated rings. The van der Waals surface area contributed by atoms with Gasteiger partial charge in [-0.05, 0) is 191 Å². The molecule has 4 heterocycles. The zero-order valence-corrected chi connectivity index (χ0v) is 83.4. The predicted octanol–water partition coefficient (Wildman–Crippen LogP) is 35.7. The number of nitrogens with zero attached hydrogens (tertiary/aromatic N) is 9. The molecule has 9 nitrogen and oxygen atoms in total. The molecule has 0 bridgehead atoms. The van der Waals surface area contributed by atoms with Gasteiger partial charge in [-0.25, -0.2) is 44.9 Å². The van der Waals surface area contributed by atoms with E-state index in [0.29, 0.717) is 52.4 Å². The van der Waals surface area contributed by atoms with Crippen molar-refractivity contribution in [1.29, 1.82) is 0 Å². The van der Waals surface area contributed by atoms with E-state index in [1.807, 2.05) is 115 Å². The van der Waals surface area contributed by atoms with Gasteiger partial charge >= 0.3 is 0 Å². The standard InChI is InChI=1S/C46H31N3S.2C46H33N3/c1-46(2)39-23-8-6-17-33(39)36-26-25-32-31(19-11-20-35(32)41(36)46)29-15-10-16-30(27-29)44-47-43(28-13-4-3-5-14-28)48-45(49-44)38-22-12-21-37-34-18-7-9-24-40(34)50-42(37)38;1-46(2)41-25-10-9-22-38(41)40-27-26-37-36(23-13-24-39(37)42(40)46)34-20-11-18-32(28-34)33-19-12-21-35(29-33)45-48-43(30-14-5-3-6-15-30)47-44(49-45)31-16-7-4-8-17-31;1-46(2)41-22-10-9-19-38(41)40-28-27-37-36(20-12-21-39(37)42(40)46)31-23-25-33(26-24-31)44-47-43(32-15-7-4-8-16-32)48-45(49-44)35-18-11-17-34(29-35)30-13-5-3-6-14-30/h3-27H,1-2H3;2*3-29H,1-2H3. The molecule has 4 aromatic heterocycles. The lowest BCUT2D eigenvalue weighted by molar-refractivity contribution is 0.666. The largest absolute Gasteiger partial charge is 0.208 e. The molecular formula is C138H97N9S. The van der Waals surface area contributed by atoms with Crippen LogP contribution >= 0.6 is 11.3 Å². The van der Waals surface area contributed by atoms with E-state index >= 15 is 0 Å². The summed E-state index contributed by atoms with van der Waals surface area (Å²) in [5, 5.41) is 10.2. The average Bonchev–Trinajstić information content (AvgIpc) is 1.56. The molecule has 0 saturated carbocycles. The van der Waals surface area contributed by atoms with Crippen molar-refractivity contribution in [2.24, 2.45) is 0 Å². The average molecular weight is 1910 g/mol. The molecule has 0 saturated heterocycles. The molecule has 148 heavy (non-hydrogen) atoms. The fraction of sp³-hybridized carbons (Fsp3) is 0.0652. The van der Waals surface area contributed by atoms with Crippen molar-refractivity contribution in [3.8, 4) is 192 Å². The molecule has 0 unspecified atom stereocenters. The number of thiophene rings is 1. The van der Waals surface area contributed by atoms with Gasteiger partial charge in [0.1, 0.15) is 0 Å². The number of hydrogen-bond donors (Lipinski definition) is 0. The Morgan fingerprint density at radius 3 is 0.757 bits per heavy atom. The third kappa shape index (κ3) is 15.9. The summed E-state index contributed by atoms with van der Waals surface area (Å²) in [6.45, 7) is 14.1. The smallest absolute Gasteiger partial charge is 0.165 e. The monoisotopic (exact) mass is 1910 g/mol. The van der Waals surface area contributed by atoms with Crippen LogP contribution in [0.2, 0.25) is 0 Å². The van der Waals surface area contributed by atoms with Gasteiger partial charge < -0.3 is 0 Å². The third-order valence-electron chi connectivity index (χ3n) is 30.2. The van der Waals surface area contributed by atoms with Gasteiger partial charge in [-0.3, -0.25) is 0 Å². The summed E-state index contributed by atoms with van der Waals surface area (Å²) in [6.07, 6.45) is 0. The Morgan fingerprint density at radius 2 is 0.378 bits per heavy atom. The SMILES string of the molecule is CC1(C)c2ccccc2-c2ccc3c(-c4ccc(-c5nc(-c6ccccc6)nc(-c6cccc(-c7ccccc7)c6)n5)cc4)cccc3c21.CC1(C)c2ccccc2-c2ccc3c(-c4cccc(-c5cccc(-c6nc(-c7ccccc7)nc(-c7ccccc7)n6)c5)c4)cccc3c21.CC1(C)c2ccccc2-c2ccc3c(-c4cccc(-c5nc(-c6ccccc6)nc(-c6cccc7c6sc6ccccc67)n5)c4)cccc3c21. The highest BCUT2D eigenvalue weighted by atomic mass is 32.1. The summed E-state index contributed by atoms with van der Waals surface area (Å²) in [5.41, 5.74) is 36.6. The Balaban J connectivity index is 0.000000112. The molecule has 21 aromatic carbocycles. The third-order valence-corrected chi connectivity index (χ3v) is 31.4. The maximum absolute atomic E-state index is 5.19. The number of aromatic nitrogens is 9. The lowest BCUT2D eigenvalue weighted by Gasteiger charge is -2.23. The summed E-state index contributed by atoms with van der Waals surface area (Å²) >= 11 is 1.79. The predicted molar refractivity (Wildman–Crippen MR) is 614 cm³/mol.